The Kier molecular flexibility index (Phi) is 4.90. The van der Waals surface area contributed by atoms with Gasteiger partial charge in [-0.05, 0) is 49.2 Å². The summed E-state index contributed by atoms with van der Waals surface area (Å²) < 4.78 is 20.0. The van der Waals surface area contributed by atoms with Gasteiger partial charge in [-0.3, -0.25) is 0 Å². The third-order valence-electron chi connectivity index (χ3n) is 4.02. The molecule has 1 atom stereocenters. The molecule has 1 saturated heterocycles. The molecule has 0 saturated carbocycles. The molecule has 1 aromatic carbocycles. The fourth-order valence-electron chi connectivity index (χ4n) is 2.93. The highest BCUT2D eigenvalue weighted by atomic mass is 79.9. The summed E-state index contributed by atoms with van der Waals surface area (Å²) in [7, 11) is 0. The van der Waals surface area contributed by atoms with Crippen LogP contribution in [-0.2, 0) is 4.74 Å². The van der Waals surface area contributed by atoms with E-state index in [1.54, 1.807) is 11.0 Å². The van der Waals surface area contributed by atoms with Gasteiger partial charge in [0.05, 0.1) is 15.2 Å². The van der Waals surface area contributed by atoms with Crippen LogP contribution in [0.4, 0.5) is 9.18 Å². The van der Waals surface area contributed by atoms with Crippen LogP contribution in [0.25, 0.3) is 10.9 Å². The van der Waals surface area contributed by atoms with E-state index in [-0.39, 0.29) is 27.0 Å². The highest BCUT2D eigenvalue weighted by Crippen LogP contribution is 2.36. The van der Waals surface area contributed by atoms with Crippen LogP contribution in [0.1, 0.15) is 38.8 Å². The molecule has 1 amide bonds. The molecule has 1 aliphatic heterocycles. The van der Waals surface area contributed by atoms with Gasteiger partial charge in [-0.2, -0.15) is 0 Å². The summed E-state index contributed by atoms with van der Waals surface area (Å²) >= 11 is 9.22. The molecule has 1 aromatic heterocycles. The number of nitrogens with zero attached hydrogens (tertiary/aromatic N) is 3. The van der Waals surface area contributed by atoms with Crippen molar-refractivity contribution in [2.45, 2.75) is 38.7 Å². The number of hydrogen-bond acceptors (Lipinski definition) is 4. The van der Waals surface area contributed by atoms with Crippen molar-refractivity contribution in [1.82, 2.24) is 14.9 Å². The van der Waals surface area contributed by atoms with Crippen LogP contribution in [0.5, 0.6) is 0 Å². The topological polar surface area (TPSA) is 55.3 Å². The number of hydrogen-bond donors (Lipinski definition) is 0. The number of amides is 1. The molecule has 1 unspecified atom stereocenters. The minimum Gasteiger partial charge on any atom is -0.444 e. The average Bonchev–Trinajstić information content (AvgIpc) is 3.00. The third-order valence-corrected chi connectivity index (χ3v) is 5.32. The van der Waals surface area contributed by atoms with Gasteiger partial charge in [-0.1, -0.05) is 11.6 Å². The van der Waals surface area contributed by atoms with E-state index in [4.69, 9.17) is 16.3 Å². The second-order valence-corrected chi connectivity index (χ2v) is 8.25. The van der Waals surface area contributed by atoms with Crippen molar-refractivity contribution in [3.05, 3.63) is 33.4 Å². The Bertz CT molecular complexity index is 841. The number of halogens is 3. The van der Waals surface area contributed by atoms with E-state index in [9.17, 15) is 9.18 Å². The number of benzene rings is 1. The van der Waals surface area contributed by atoms with E-state index in [0.29, 0.717) is 24.2 Å². The molecule has 1 fully saturated rings. The molecule has 0 aliphatic carbocycles. The number of carbonyl (C=O) groups is 1. The molecule has 0 spiro atoms. The number of aromatic nitrogens is 2. The van der Waals surface area contributed by atoms with E-state index in [1.807, 2.05) is 20.8 Å². The zero-order valence-corrected chi connectivity index (χ0v) is 16.5. The maximum Gasteiger partial charge on any atom is 0.410 e. The molecular weight excluding hydrogens is 413 g/mol. The van der Waals surface area contributed by atoms with E-state index >= 15 is 0 Å². The summed E-state index contributed by atoms with van der Waals surface area (Å²) in [5, 5.41) is 0.840. The highest BCUT2D eigenvalue weighted by Gasteiger charge is 2.32. The molecule has 2 aromatic rings. The first-order chi connectivity index (χ1) is 11.7. The van der Waals surface area contributed by atoms with Gasteiger partial charge in [0, 0.05) is 24.4 Å². The minimum atomic E-state index is -0.542. The predicted octanol–water partition coefficient (Wildman–Crippen LogP) is 4.91. The van der Waals surface area contributed by atoms with Gasteiger partial charge >= 0.3 is 6.09 Å². The lowest BCUT2D eigenvalue weighted by Gasteiger charge is -2.24. The van der Waals surface area contributed by atoms with Crippen LogP contribution < -0.4 is 0 Å². The Labute approximate surface area is 158 Å². The molecule has 0 bridgehead atoms. The Hall–Kier alpha value is -1.47. The monoisotopic (exact) mass is 429 g/mol. The van der Waals surface area contributed by atoms with Crippen molar-refractivity contribution in [3.63, 3.8) is 0 Å². The zero-order chi connectivity index (χ0) is 18.4. The van der Waals surface area contributed by atoms with Crippen molar-refractivity contribution >= 4 is 44.5 Å². The quantitative estimate of drug-likeness (QED) is 0.603. The molecule has 0 N–H and O–H groups in total. The van der Waals surface area contributed by atoms with Crippen molar-refractivity contribution in [2.75, 3.05) is 13.1 Å². The van der Waals surface area contributed by atoms with E-state index in [0.717, 1.165) is 6.42 Å². The van der Waals surface area contributed by atoms with Crippen molar-refractivity contribution < 1.29 is 13.9 Å². The van der Waals surface area contributed by atoms with Gasteiger partial charge in [-0.15, -0.1) is 0 Å². The number of ether oxygens (including phenoxy) is 1. The lowest BCUT2D eigenvalue weighted by molar-refractivity contribution is 0.0292. The van der Waals surface area contributed by atoms with Crippen LogP contribution in [0.3, 0.4) is 0 Å². The standard InChI is InChI=1S/C17H18BrClFN3O2/c1-17(2,3)25-16(24)23-5-4-9(7-23)14-10-6-11(19)12(18)13(20)15(10)22-8-21-14/h6,8-9H,4-5,7H2,1-3H3. The van der Waals surface area contributed by atoms with Gasteiger partial charge < -0.3 is 9.64 Å². The first-order valence-electron chi connectivity index (χ1n) is 7.93. The Balaban J connectivity index is 1.90. The SMILES string of the molecule is CC(C)(C)OC(=O)N1CCC(c2ncnc3c(F)c(Br)c(Cl)cc23)C1. The molecule has 2 heterocycles. The van der Waals surface area contributed by atoms with Crippen LogP contribution in [-0.4, -0.2) is 39.7 Å². The van der Waals surface area contributed by atoms with Gasteiger partial charge in [0.25, 0.3) is 0 Å². The molecule has 134 valence electrons. The summed E-state index contributed by atoms with van der Waals surface area (Å²) in [6, 6.07) is 1.66. The lowest BCUT2D eigenvalue weighted by Crippen LogP contribution is -2.35. The summed E-state index contributed by atoms with van der Waals surface area (Å²) in [4.78, 5) is 22.3. The zero-order valence-electron chi connectivity index (χ0n) is 14.1. The van der Waals surface area contributed by atoms with Crippen LogP contribution in [0.2, 0.25) is 5.02 Å². The molecule has 25 heavy (non-hydrogen) atoms. The molecular formula is C17H18BrClFN3O2. The van der Waals surface area contributed by atoms with Gasteiger partial charge in [0.2, 0.25) is 0 Å². The predicted molar refractivity (Wildman–Crippen MR) is 97.4 cm³/mol. The van der Waals surface area contributed by atoms with E-state index < -0.39 is 11.4 Å². The second-order valence-electron chi connectivity index (χ2n) is 7.05. The number of carbonyl (C=O) groups excluding carboxylic acids is 1. The average molecular weight is 431 g/mol. The van der Waals surface area contributed by atoms with E-state index in [1.165, 1.54) is 6.33 Å². The van der Waals surface area contributed by atoms with Crippen LogP contribution in [0.15, 0.2) is 16.9 Å². The fraction of sp³-hybridized carbons (Fsp3) is 0.471. The summed E-state index contributed by atoms with van der Waals surface area (Å²) in [5.74, 6) is -0.525. The van der Waals surface area contributed by atoms with Gasteiger partial charge in [0.1, 0.15) is 17.4 Å². The molecule has 8 heteroatoms. The molecule has 3 rings (SSSR count). The summed E-state index contributed by atoms with van der Waals surface area (Å²) in [6.45, 7) is 6.53. The van der Waals surface area contributed by atoms with Crippen LogP contribution in [0, 0.1) is 5.82 Å². The minimum absolute atomic E-state index is 0.0188. The summed E-state index contributed by atoms with van der Waals surface area (Å²) in [5.41, 5.74) is 0.376. The first kappa shape index (κ1) is 18.3. The van der Waals surface area contributed by atoms with Crippen molar-refractivity contribution in [3.8, 4) is 0 Å². The Morgan fingerprint density at radius 1 is 1.44 bits per heavy atom. The van der Waals surface area contributed by atoms with Gasteiger partial charge in [-0.25, -0.2) is 19.2 Å². The van der Waals surface area contributed by atoms with Crippen molar-refractivity contribution in [2.24, 2.45) is 0 Å². The molecule has 5 nitrogen and oxygen atoms in total. The Morgan fingerprint density at radius 3 is 2.84 bits per heavy atom. The maximum absolute atomic E-state index is 14.4. The maximum atomic E-state index is 14.4. The molecule has 1 aliphatic rings. The molecule has 0 radical (unpaired) electrons. The normalized spacial score (nSPS) is 18.0. The third kappa shape index (κ3) is 3.72. The lowest BCUT2D eigenvalue weighted by atomic mass is 10.00. The Morgan fingerprint density at radius 2 is 2.16 bits per heavy atom. The fourth-order valence-corrected chi connectivity index (χ4v) is 3.42. The smallest absolute Gasteiger partial charge is 0.410 e. The number of fused-ring (bicyclic) bond motifs is 1. The van der Waals surface area contributed by atoms with Crippen LogP contribution >= 0.6 is 27.5 Å². The van der Waals surface area contributed by atoms with Crippen molar-refractivity contribution in [1.29, 1.82) is 0 Å². The van der Waals surface area contributed by atoms with Gasteiger partial charge in [0.15, 0.2) is 5.82 Å². The summed E-state index contributed by atoms with van der Waals surface area (Å²) in [6.07, 6.45) is 1.72. The number of likely N-dealkylation sites (tertiary alicyclic amines) is 1. The second kappa shape index (κ2) is 6.68. The van der Waals surface area contributed by atoms with E-state index in [2.05, 4.69) is 25.9 Å². The first-order valence-corrected chi connectivity index (χ1v) is 9.10. The largest absolute Gasteiger partial charge is 0.444 e. The highest BCUT2D eigenvalue weighted by molar-refractivity contribution is 9.10. The number of rotatable bonds is 1.